The summed E-state index contributed by atoms with van der Waals surface area (Å²) in [6.07, 6.45) is 0.894. The average molecular weight is 438 g/mol. The van der Waals surface area contributed by atoms with Crippen LogP contribution in [-0.4, -0.2) is 33.4 Å². The van der Waals surface area contributed by atoms with Gasteiger partial charge >= 0.3 is 0 Å². The SMILES string of the molecule is CC(C)CCNC(=O)[C@@]1(C)Cn2c(cc3ccccc32)C(=O)N1Cc1ccc(Cl)cc1. The van der Waals surface area contributed by atoms with Crippen molar-refractivity contribution in [1.82, 2.24) is 14.8 Å². The Kier molecular flexibility index (Phi) is 5.80. The fraction of sp³-hybridized carbons (Fsp3) is 0.360. The van der Waals surface area contributed by atoms with Gasteiger partial charge in [-0.1, -0.05) is 55.8 Å². The van der Waals surface area contributed by atoms with E-state index in [2.05, 4.69) is 19.2 Å². The van der Waals surface area contributed by atoms with Crippen molar-refractivity contribution >= 4 is 34.3 Å². The smallest absolute Gasteiger partial charge is 0.271 e. The van der Waals surface area contributed by atoms with Gasteiger partial charge in [0.15, 0.2) is 0 Å². The minimum atomic E-state index is -1.01. The molecule has 0 unspecified atom stereocenters. The van der Waals surface area contributed by atoms with Crippen LogP contribution >= 0.6 is 11.6 Å². The quantitative estimate of drug-likeness (QED) is 0.598. The third-order valence-corrected chi connectivity index (χ3v) is 6.34. The van der Waals surface area contributed by atoms with Gasteiger partial charge < -0.3 is 14.8 Å². The number of fused-ring (bicyclic) bond motifs is 3. The molecule has 0 fully saturated rings. The second-order valence-corrected chi connectivity index (χ2v) is 9.34. The Hall–Kier alpha value is -2.79. The van der Waals surface area contributed by atoms with Gasteiger partial charge in [0.25, 0.3) is 5.91 Å². The number of benzene rings is 2. The van der Waals surface area contributed by atoms with Gasteiger partial charge in [-0.3, -0.25) is 9.59 Å². The number of nitrogens with one attached hydrogen (secondary N) is 1. The molecule has 1 N–H and O–H groups in total. The molecule has 2 amide bonds. The van der Waals surface area contributed by atoms with Crippen molar-refractivity contribution in [1.29, 1.82) is 0 Å². The van der Waals surface area contributed by atoms with Gasteiger partial charge in [-0.05, 0) is 49.1 Å². The number of halogens is 1. The molecule has 5 nitrogen and oxygen atoms in total. The molecule has 6 heteroatoms. The van der Waals surface area contributed by atoms with E-state index in [1.165, 1.54) is 0 Å². The van der Waals surface area contributed by atoms with Crippen LogP contribution in [0.25, 0.3) is 10.9 Å². The van der Waals surface area contributed by atoms with E-state index in [9.17, 15) is 9.59 Å². The van der Waals surface area contributed by atoms with Gasteiger partial charge in [-0.15, -0.1) is 0 Å². The zero-order valence-electron chi connectivity index (χ0n) is 18.2. The summed E-state index contributed by atoms with van der Waals surface area (Å²) in [4.78, 5) is 28.8. The van der Waals surface area contributed by atoms with Gasteiger partial charge in [-0.2, -0.15) is 0 Å². The normalized spacial score (nSPS) is 18.5. The third kappa shape index (κ3) is 4.07. The fourth-order valence-corrected chi connectivity index (χ4v) is 4.32. The van der Waals surface area contributed by atoms with Gasteiger partial charge in [0.2, 0.25) is 5.91 Å². The lowest BCUT2D eigenvalue weighted by atomic mass is 9.93. The molecule has 162 valence electrons. The molecule has 1 aliphatic rings. The highest BCUT2D eigenvalue weighted by Crippen LogP contribution is 2.33. The van der Waals surface area contributed by atoms with Crippen LogP contribution in [0.15, 0.2) is 54.6 Å². The maximum absolute atomic E-state index is 13.7. The first-order valence-electron chi connectivity index (χ1n) is 10.7. The Balaban J connectivity index is 1.73. The first kappa shape index (κ1) is 21.4. The summed E-state index contributed by atoms with van der Waals surface area (Å²) >= 11 is 6.04. The molecular formula is C25H28ClN3O2. The topological polar surface area (TPSA) is 54.3 Å². The Labute approximate surface area is 188 Å². The maximum atomic E-state index is 13.7. The molecule has 0 aliphatic carbocycles. The standard InChI is InChI=1S/C25H28ClN3O2/c1-17(2)12-13-27-24(31)25(3)16-28-21-7-5-4-6-19(21)14-22(28)23(30)29(25)15-18-8-10-20(26)11-9-18/h4-11,14,17H,12-13,15-16H2,1-3H3,(H,27,31)/t25-/m1/s1. The zero-order chi connectivity index (χ0) is 22.2. The van der Waals surface area contributed by atoms with Gasteiger partial charge in [0.1, 0.15) is 11.2 Å². The molecule has 2 heterocycles. The second kappa shape index (κ2) is 8.39. The first-order valence-corrected chi connectivity index (χ1v) is 11.1. The van der Waals surface area contributed by atoms with Gasteiger partial charge in [0.05, 0.1) is 6.54 Å². The van der Waals surface area contributed by atoms with Gasteiger partial charge in [-0.25, -0.2) is 0 Å². The fourth-order valence-electron chi connectivity index (χ4n) is 4.19. The van der Waals surface area contributed by atoms with E-state index in [4.69, 9.17) is 11.6 Å². The second-order valence-electron chi connectivity index (χ2n) is 8.90. The molecule has 0 bridgehead atoms. The predicted octanol–water partition coefficient (Wildman–Crippen LogP) is 4.87. The third-order valence-electron chi connectivity index (χ3n) is 6.09. The van der Waals surface area contributed by atoms with Crippen LogP contribution < -0.4 is 5.32 Å². The number of para-hydroxylation sites is 1. The summed E-state index contributed by atoms with van der Waals surface area (Å²) in [6.45, 7) is 7.46. The van der Waals surface area contributed by atoms with E-state index in [1.807, 2.05) is 66.1 Å². The van der Waals surface area contributed by atoms with Crippen LogP contribution in [0.4, 0.5) is 0 Å². The summed E-state index contributed by atoms with van der Waals surface area (Å²) in [6, 6.07) is 17.2. The molecule has 2 aromatic carbocycles. The zero-order valence-corrected chi connectivity index (χ0v) is 18.9. The van der Waals surface area contributed by atoms with E-state index in [1.54, 1.807) is 4.90 Å². The molecule has 0 radical (unpaired) electrons. The van der Waals surface area contributed by atoms with Crippen molar-refractivity contribution in [3.05, 3.63) is 70.9 Å². The van der Waals surface area contributed by atoms with Crippen molar-refractivity contribution in [2.24, 2.45) is 5.92 Å². The molecule has 1 atom stereocenters. The minimum Gasteiger partial charge on any atom is -0.354 e. The van der Waals surface area contributed by atoms with Crippen LogP contribution in [-0.2, 0) is 17.9 Å². The number of aromatic nitrogens is 1. The number of nitrogens with zero attached hydrogens (tertiary/aromatic N) is 2. The van der Waals surface area contributed by atoms with Crippen molar-refractivity contribution in [2.75, 3.05) is 6.54 Å². The summed E-state index contributed by atoms with van der Waals surface area (Å²) in [5.41, 5.74) is 1.51. The van der Waals surface area contributed by atoms with Crippen LogP contribution in [0.2, 0.25) is 5.02 Å². The van der Waals surface area contributed by atoms with Crippen molar-refractivity contribution < 1.29 is 9.59 Å². The van der Waals surface area contributed by atoms with Crippen LogP contribution in [0.1, 0.15) is 43.2 Å². The van der Waals surface area contributed by atoms with Crippen LogP contribution in [0.3, 0.4) is 0 Å². The van der Waals surface area contributed by atoms with Crippen molar-refractivity contribution in [3.63, 3.8) is 0 Å². The maximum Gasteiger partial charge on any atom is 0.271 e. The summed E-state index contributed by atoms with van der Waals surface area (Å²) in [5, 5.41) is 4.72. The highest BCUT2D eigenvalue weighted by molar-refractivity contribution is 6.30. The molecule has 1 aromatic heterocycles. The Morgan fingerprint density at radius 1 is 1.16 bits per heavy atom. The van der Waals surface area contributed by atoms with Crippen LogP contribution in [0, 0.1) is 5.92 Å². The summed E-state index contributed by atoms with van der Waals surface area (Å²) in [7, 11) is 0. The van der Waals surface area contributed by atoms with E-state index >= 15 is 0 Å². The van der Waals surface area contributed by atoms with E-state index in [0.717, 1.165) is 22.9 Å². The lowest BCUT2D eigenvalue weighted by Crippen LogP contribution is -2.63. The van der Waals surface area contributed by atoms with E-state index in [-0.39, 0.29) is 11.8 Å². The number of carbonyl (C=O) groups excluding carboxylic acids is 2. The number of carbonyl (C=O) groups is 2. The van der Waals surface area contributed by atoms with E-state index in [0.29, 0.717) is 36.3 Å². The lowest BCUT2D eigenvalue weighted by molar-refractivity contribution is -0.133. The molecule has 0 spiro atoms. The lowest BCUT2D eigenvalue weighted by Gasteiger charge is -2.44. The Morgan fingerprint density at radius 2 is 1.87 bits per heavy atom. The summed E-state index contributed by atoms with van der Waals surface area (Å²) < 4.78 is 1.98. The van der Waals surface area contributed by atoms with Gasteiger partial charge in [0, 0.05) is 29.0 Å². The monoisotopic (exact) mass is 437 g/mol. The predicted molar refractivity (Wildman–Crippen MR) is 124 cm³/mol. The number of rotatable bonds is 6. The Morgan fingerprint density at radius 3 is 2.58 bits per heavy atom. The van der Waals surface area contributed by atoms with Crippen molar-refractivity contribution in [2.45, 2.75) is 45.8 Å². The molecular weight excluding hydrogens is 410 g/mol. The average Bonchev–Trinajstić information content (AvgIpc) is 3.10. The molecule has 0 saturated heterocycles. The largest absolute Gasteiger partial charge is 0.354 e. The number of amides is 2. The molecule has 1 aliphatic heterocycles. The highest BCUT2D eigenvalue weighted by Gasteiger charge is 2.47. The van der Waals surface area contributed by atoms with E-state index < -0.39 is 5.54 Å². The number of hydrogen-bond donors (Lipinski definition) is 1. The van der Waals surface area contributed by atoms with Crippen LogP contribution in [0.5, 0.6) is 0 Å². The molecule has 3 aromatic rings. The summed E-state index contributed by atoms with van der Waals surface area (Å²) in [5.74, 6) is 0.226. The molecule has 31 heavy (non-hydrogen) atoms. The number of hydrogen-bond acceptors (Lipinski definition) is 2. The Bertz CT molecular complexity index is 1120. The first-order chi connectivity index (χ1) is 14.8. The molecule has 4 rings (SSSR count). The highest BCUT2D eigenvalue weighted by atomic mass is 35.5. The minimum absolute atomic E-state index is 0.126. The van der Waals surface area contributed by atoms with Crippen molar-refractivity contribution in [3.8, 4) is 0 Å². The molecule has 0 saturated carbocycles.